The van der Waals surface area contributed by atoms with E-state index in [9.17, 15) is 9.59 Å². The van der Waals surface area contributed by atoms with Gasteiger partial charge in [-0.1, -0.05) is 19.9 Å². The van der Waals surface area contributed by atoms with Gasteiger partial charge in [-0.15, -0.1) is 0 Å². The Balaban J connectivity index is 2.86. The van der Waals surface area contributed by atoms with Crippen LogP contribution in [0.5, 0.6) is 0 Å². The van der Waals surface area contributed by atoms with Crippen LogP contribution in [0.1, 0.15) is 24.2 Å². The van der Waals surface area contributed by atoms with E-state index in [0.717, 1.165) is 0 Å². The maximum absolute atomic E-state index is 11.8. The molecule has 0 spiro atoms. The van der Waals surface area contributed by atoms with E-state index in [1.807, 2.05) is 0 Å². The van der Waals surface area contributed by atoms with E-state index in [4.69, 9.17) is 5.11 Å². The lowest BCUT2D eigenvalue weighted by atomic mass is 9.95. The van der Waals surface area contributed by atoms with Gasteiger partial charge in [0.05, 0.1) is 11.0 Å². The third-order valence-corrected chi connectivity index (χ3v) is 3.17. The Labute approximate surface area is 105 Å². The summed E-state index contributed by atoms with van der Waals surface area (Å²) in [6.45, 7) is 3.55. The molecule has 2 N–H and O–H groups in total. The largest absolute Gasteiger partial charge is 0.478 e. The van der Waals surface area contributed by atoms with Gasteiger partial charge >= 0.3 is 5.97 Å². The highest BCUT2D eigenvalue weighted by atomic mass is 32.1. The van der Waals surface area contributed by atoms with E-state index in [1.54, 1.807) is 26.0 Å². The van der Waals surface area contributed by atoms with Crippen LogP contribution in [0.3, 0.4) is 0 Å². The van der Waals surface area contributed by atoms with Crippen molar-refractivity contribution < 1.29 is 14.7 Å². The summed E-state index contributed by atoms with van der Waals surface area (Å²) < 4.78 is 0. The average molecular weight is 253 g/mol. The highest BCUT2D eigenvalue weighted by molar-refractivity contribution is 7.80. The Kier molecular flexibility index (Phi) is 4.17. The van der Waals surface area contributed by atoms with E-state index in [1.165, 1.54) is 12.1 Å². The van der Waals surface area contributed by atoms with Gasteiger partial charge in [0, 0.05) is 11.4 Å². The Morgan fingerprint density at radius 1 is 1.41 bits per heavy atom. The molecule has 5 heteroatoms. The molecule has 92 valence electrons. The average Bonchev–Trinajstić information content (AvgIpc) is 2.29. The number of benzene rings is 1. The van der Waals surface area contributed by atoms with Crippen LogP contribution < -0.4 is 5.32 Å². The van der Waals surface area contributed by atoms with Crippen molar-refractivity contribution in [3.63, 3.8) is 0 Å². The highest BCUT2D eigenvalue weighted by Crippen LogP contribution is 2.20. The van der Waals surface area contributed by atoms with Crippen molar-refractivity contribution in [2.75, 3.05) is 11.1 Å². The fourth-order valence-corrected chi connectivity index (χ4v) is 1.25. The van der Waals surface area contributed by atoms with Crippen LogP contribution in [-0.4, -0.2) is 22.7 Å². The van der Waals surface area contributed by atoms with Gasteiger partial charge in [0.1, 0.15) is 0 Å². The normalized spacial score (nSPS) is 11.0. The molecule has 1 aromatic rings. The number of carbonyl (C=O) groups is 2. The lowest BCUT2D eigenvalue weighted by molar-refractivity contribution is -0.122. The standard InChI is InChI=1S/C12H15NO3S/c1-12(2,7-17)11(16)13-9-5-3-4-8(6-9)10(14)15/h3-6,17H,7H2,1-2H3,(H,13,16)(H,14,15). The van der Waals surface area contributed by atoms with Gasteiger partial charge in [0.15, 0.2) is 0 Å². The Bertz CT molecular complexity index is 443. The molecule has 1 amide bonds. The molecule has 0 saturated heterocycles. The van der Waals surface area contributed by atoms with Crippen LogP contribution in [0.25, 0.3) is 0 Å². The maximum atomic E-state index is 11.8. The molecular weight excluding hydrogens is 238 g/mol. The fourth-order valence-electron chi connectivity index (χ4n) is 1.10. The Morgan fingerprint density at radius 3 is 2.59 bits per heavy atom. The van der Waals surface area contributed by atoms with Crippen LogP contribution >= 0.6 is 12.6 Å². The first-order valence-electron chi connectivity index (χ1n) is 5.12. The third kappa shape index (κ3) is 3.49. The van der Waals surface area contributed by atoms with Crippen LogP contribution in [0.4, 0.5) is 5.69 Å². The minimum Gasteiger partial charge on any atom is -0.478 e. The number of hydrogen-bond acceptors (Lipinski definition) is 3. The van der Waals surface area contributed by atoms with Gasteiger partial charge in [-0.25, -0.2) is 4.79 Å². The van der Waals surface area contributed by atoms with Crippen molar-refractivity contribution in [3.05, 3.63) is 29.8 Å². The van der Waals surface area contributed by atoms with Crippen molar-refractivity contribution in [1.29, 1.82) is 0 Å². The van der Waals surface area contributed by atoms with Crippen LogP contribution in [0, 0.1) is 5.41 Å². The second-order valence-corrected chi connectivity index (χ2v) is 4.70. The summed E-state index contributed by atoms with van der Waals surface area (Å²) in [5.74, 6) is -0.790. The molecule has 0 fully saturated rings. The first-order chi connectivity index (χ1) is 7.86. The molecule has 0 aliphatic rings. The predicted molar refractivity (Wildman–Crippen MR) is 69.7 cm³/mol. The molecular formula is C12H15NO3S. The lowest BCUT2D eigenvalue weighted by Gasteiger charge is -2.21. The second kappa shape index (κ2) is 5.23. The molecule has 0 heterocycles. The van der Waals surface area contributed by atoms with Gasteiger partial charge in [-0.3, -0.25) is 4.79 Å². The number of nitrogens with one attached hydrogen (secondary N) is 1. The number of amides is 1. The first kappa shape index (κ1) is 13.6. The van der Waals surface area contributed by atoms with Crippen LogP contribution in [0.15, 0.2) is 24.3 Å². The van der Waals surface area contributed by atoms with Gasteiger partial charge < -0.3 is 10.4 Å². The summed E-state index contributed by atoms with van der Waals surface area (Å²) >= 11 is 4.10. The van der Waals surface area contributed by atoms with Gasteiger partial charge in [-0.05, 0) is 18.2 Å². The molecule has 0 atom stereocenters. The monoisotopic (exact) mass is 253 g/mol. The van der Waals surface area contributed by atoms with Crippen LogP contribution in [-0.2, 0) is 4.79 Å². The minimum absolute atomic E-state index is 0.145. The van der Waals surface area contributed by atoms with E-state index < -0.39 is 11.4 Å². The summed E-state index contributed by atoms with van der Waals surface area (Å²) in [5, 5.41) is 11.5. The number of carboxylic acid groups (broad SMARTS) is 1. The zero-order chi connectivity index (χ0) is 13.1. The Morgan fingerprint density at radius 2 is 2.06 bits per heavy atom. The number of hydrogen-bond donors (Lipinski definition) is 3. The molecule has 4 nitrogen and oxygen atoms in total. The van der Waals surface area contributed by atoms with Gasteiger partial charge in [0.25, 0.3) is 0 Å². The summed E-state index contributed by atoms with van der Waals surface area (Å²) in [6.07, 6.45) is 0. The maximum Gasteiger partial charge on any atom is 0.335 e. The second-order valence-electron chi connectivity index (χ2n) is 4.38. The van der Waals surface area contributed by atoms with Crippen molar-refractivity contribution in [2.24, 2.45) is 5.41 Å². The van der Waals surface area contributed by atoms with E-state index in [0.29, 0.717) is 11.4 Å². The number of carbonyl (C=O) groups excluding carboxylic acids is 1. The predicted octanol–water partition coefficient (Wildman–Crippen LogP) is 2.28. The molecule has 0 aliphatic heterocycles. The topological polar surface area (TPSA) is 66.4 Å². The number of thiol groups is 1. The van der Waals surface area contributed by atoms with Crippen molar-refractivity contribution in [1.82, 2.24) is 0 Å². The SMILES string of the molecule is CC(C)(CS)C(=O)Nc1cccc(C(=O)O)c1. The lowest BCUT2D eigenvalue weighted by Crippen LogP contribution is -2.32. The van der Waals surface area contributed by atoms with Crippen molar-refractivity contribution in [2.45, 2.75) is 13.8 Å². The van der Waals surface area contributed by atoms with E-state index in [2.05, 4.69) is 17.9 Å². The zero-order valence-corrected chi connectivity index (χ0v) is 10.6. The van der Waals surface area contributed by atoms with Crippen molar-refractivity contribution >= 4 is 30.2 Å². The molecule has 1 rings (SSSR count). The van der Waals surface area contributed by atoms with Gasteiger partial charge in [0.2, 0.25) is 5.91 Å². The molecule has 0 bridgehead atoms. The zero-order valence-electron chi connectivity index (χ0n) is 9.73. The van der Waals surface area contributed by atoms with E-state index >= 15 is 0 Å². The molecule has 0 aliphatic carbocycles. The molecule has 0 radical (unpaired) electrons. The Hall–Kier alpha value is -1.49. The minimum atomic E-state index is -1.02. The van der Waals surface area contributed by atoms with Crippen LogP contribution in [0.2, 0.25) is 0 Å². The summed E-state index contributed by atoms with van der Waals surface area (Å²) in [5.41, 5.74) is 0.0266. The smallest absolute Gasteiger partial charge is 0.335 e. The highest BCUT2D eigenvalue weighted by Gasteiger charge is 2.25. The van der Waals surface area contributed by atoms with Gasteiger partial charge in [-0.2, -0.15) is 12.6 Å². The molecule has 0 aromatic heterocycles. The quantitative estimate of drug-likeness (QED) is 0.721. The summed E-state index contributed by atoms with van der Waals surface area (Å²) in [6, 6.07) is 6.14. The molecule has 0 saturated carbocycles. The molecule has 17 heavy (non-hydrogen) atoms. The summed E-state index contributed by atoms with van der Waals surface area (Å²) in [4.78, 5) is 22.6. The summed E-state index contributed by atoms with van der Waals surface area (Å²) in [7, 11) is 0. The van der Waals surface area contributed by atoms with E-state index in [-0.39, 0.29) is 11.5 Å². The fraction of sp³-hybridized carbons (Fsp3) is 0.333. The first-order valence-corrected chi connectivity index (χ1v) is 5.76. The number of aromatic carboxylic acids is 1. The third-order valence-electron chi connectivity index (χ3n) is 2.38. The van der Waals surface area contributed by atoms with Crippen molar-refractivity contribution in [3.8, 4) is 0 Å². The number of rotatable bonds is 4. The number of carboxylic acids is 1. The number of anilines is 1. The molecule has 1 aromatic carbocycles. The molecule has 0 unspecified atom stereocenters.